The standard InChI is InChI=1S/C20H20N4O3S2/c25-18(24-10-12-26-13-11-24)14-28-20-23-22-19(29-20)21-15-6-8-17(9-7-15)27-16-4-2-1-3-5-16/h1-9H,10-14H2,(H,21,22). The summed E-state index contributed by atoms with van der Waals surface area (Å²) in [4.78, 5) is 14.0. The van der Waals surface area contributed by atoms with Gasteiger partial charge in [-0.2, -0.15) is 0 Å². The molecule has 1 saturated heterocycles. The van der Waals surface area contributed by atoms with Crippen LogP contribution in [0.3, 0.4) is 0 Å². The van der Waals surface area contributed by atoms with Crippen LogP contribution >= 0.6 is 23.1 Å². The SMILES string of the molecule is O=C(CSc1nnc(Nc2ccc(Oc3ccccc3)cc2)s1)N1CCOCC1. The van der Waals surface area contributed by atoms with E-state index in [2.05, 4.69) is 15.5 Å². The van der Waals surface area contributed by atoms with Crippen LogP contribution in [0, 0.1) is 0 Å². The highest BCUT2D eigenvalue weighted by molar-refractivity contribution is 8.01. The summed E-state index contributed by atoms with van der Waals surface area (Å²) < 4.78 is 11.8. The van der Waals surface area contributed by atoms with Gasteiger partial charge in [0.25, 0.3) is 0 Å². The highest BCUT2D eigenvalue weighted by Crippen LogP contribution is 2.29. The first-order chi connectivity index (χ1) is 14.3. The Balaban J connectivity index is 1.28. The zero-order chi connectivity index (χ0) is 19.9. The molecule has 0 saturated carbocycles. The lowest BCUT2D eigenvalue weighted by Gasteiger charge is -2.26. The second kappa shape index (κ2) is 9.73. The predicted octanol–water partition coefficient (Wildman–Crippen LogP) is 4.02. The van der Waals surface area contributed by atoms with Crippen molar-refractivity contribution in [1.29, 1.82) is 0 Å². The van der Waals surface area contributed by atoms with E-state index in [-0.39, 0.29) is 5.91 Å². The lowest BCUT2D eigenvalue weighted by molar-refractivity contribution is -0.132. The molecule has 29 heavy (non-hydrogen) atoms. The number of thioether (sulfide) groups is 1. The Bertz CT molecular complexity index is 928. The molecule has 0 unspecified atom stereocenters. The number of aromatic nitrogens is 2. The van der Waals surface area contributed by atoms with E-state index in [4.69, 9.17) is 9.47 Å². The average molecular weight is 429 g/mol. The van der Waals surface area contributed by atoms with E-state index in [9.17, 15) is 4.79 Å². The number of carbonyl (C=O) groups is 1. The molecular weight excluding hydrogens is 408 g/mol. The first-order valence-electron chi connectivity index (χ1n) is 9.18. The van der Waals surface area contributed by atoms with Crippen LogP contribution < -0.4 is 10.1 Å². The number of ether oxygens (including phenoxy) is 2. The third-order valence-corrected chi connectivity index (χ3v) is 6.13. The van der Waals surface area contributed by atoms with Gasteiger partial charge in [-0.15, -0.1) is 10.2 Å². The van der Waals surface area contributed by atoms with E-state index in [1.165, 1.54) is 23.1 Å². The van der Waals surface area contributed by atoms with E-state index in [1.54, 1.807) is 0 Å². The molecule has 0 aliphatic carbocycles. The van der Waals surface area contributed by atoms with Crippen molar-refractivity contribution < 1.29 is 14.3 Å². The van der Waals surface area contributed by atoms with Gasteiger partial charge in [-0.1, -0.05) is 41.3 Å². The van der Waals surface area contributed by atoms with Crippen LogP contribution in [-0.2, 0) is 9.53 Å². The number of hydrogen-bond acceptors (Lipinski definition) is 8. The van der Waals surface area contributed by atoms with Gasteiger partial charge in [0, 0.05) is 18.8 Å². The van der Waals surface area contributed by atoms with E-state index in [0.717, 1.165) is 21.5 Å². The Morgan fingerprint density at radius 1 is 1.07 bits per heavy atom. The summed E-state index contributed by atoms with van der Waals surface area (Å²) in [6.07, 6.45) is 0. The molecule has 0 spiro atoms. The van der Waals surface area contributed by atoms with Gasteiger partial charge in [0.15, 0.2) is 4.34 Å². The molecule has 0 radical (unpaired) electrons. The maximum Gasteiger partial charge on any atom is 0.233 e. The van der Waals surface area contributed by atoms with Gasteiger partial charge in [0.2, 0.25) is 11.0 Å². The van der Waals surface area contributed by atoms with E-state index in [1.807, 2.05) is 59.5 Å². The van der Waals surface area contributed by atoms with Crippen molar-refractivity contribution in [2.24, 2.45) is 0 Å². The van der Waals surface area contributed by atoms with Crippen LogP contribution in [0.1, 0.15) is 0 Å². The van der Waals surface area contributed by atoms with Crippen molar-refractivity contribution in [3.8, 4) is 11.5 Å². The van der Waals surface area contributed by atoms with Crippen molar-refractivity contribution >= 4 is 39.8 Å². The molecule has 9 heteroatoms. The van der Waals surface area contributed by atoms with E-state index in [0.29, 0.717) is 37.2 Å². The first-order valence-corrected chi connectivity index (χ1v) is 11.0. The van der Waals surface area contributed by atoms with Crippen LogP contribution in [0.2, 0.25) is 0 Å². The molecule has 1 fully saturated rings. The third-order valence-electron chi connectivity index (χ3n) is 4.17. The fourth-order valence-electron chi connectivity index (χ4n) is 2.70. The molecule has 0 bridgehead atoms. The Morgan fingerprint density at radius 2 is 1.79 bits per heavy atom. The van der Waals surface area contributed by atoms with Crippen molar-refractivity contribution in [2.75, 3.05) is 37.4 Å². The number of nitrogens with one attached hydrogen (secondary N) is 1. The van der Waals surface area contributed by atoms with Gasteiger partial charge in [-0.3, -0.25) is 4.79 Å². The molecule has 1 aliphatic rings. The zero-order valence-corrected chi connectivity index (χ0v) is 17.2. The van der Waals surface area contributed by atoms with Crippen molar-refractivity contribution in [3.63, 3.8) is 0 Å². The van der Waals surface area contributed by atoms with Gasteiger partial charge in [0.05, 0.1) is 19.0 Å². The average Bonchev–Trinajstić information content (AvgIpc) is 3.22. The number of morpholine rings is 1. The number of carbonyl (C=O) groups excluding carboxylic acids is 1. The number of anilines is 2. The van der Waals surface area contributed by atoms with Crippen LogP contribution in [0.5, 0.6) is 11.5 Å². The molecule has 1 aliphatic heterocycles. The van der Waals surface area contributed by atoms with Crippen LogP contribution in [0.15, 0.2) is 58.9 Å². The minimum atomic E-state index is 0.108. The fourth-order valence-corrected chi connectivity index (χ4v) is 4.38. The third kappa shape index (κ3) is 5.69. The maximum absolute atomic E-state index is 12.2. The summed E-state index contributed by atoms with van der Waals surface area (Å²) >= 11 is 2.84. The fraction of sp³-hybridized carbons (Fsp3) is 0.250. The van der Waals surface area contributed by atoms with Gasteiger partial charge < -0.3 is 19.7 Å². The molecule has 1 amide bonds. The summed E-state index contributed by atoms with van der Waals surface area (Å²) in [6.45, 7) is 2.54. The minimum Gasteiger partial charge on any atom is -0.457 e. The summed E-state index contributed by atoms with van der Waals surface area (Å²) in [7, 11) is 0. The van der Waals surface area contributed by atoms with Gasteiger partial charge >= 0.3 is 0 Å². The predicted molar refractivity (Wildman–Crippen MR) is 114 cm³/mol. The smallest absolute Gasteiger partial charge is 0.233 e. The summed E-state index contributed by atoms with van der Waals surface area (Å²) in [5, 5.41) is 12.2. The first kappa shape index (κ1) is 19.7. The Morgan fingerprint density at radius 3 is 2.55 bits per heavy atom. The largest absolute Gasteiger partial charge is 0.457 e. The van der Waals surface area contributed by atoms with Crippen LogP contribution in [0.4, 0.5) is 10.8 Å². The molecular formula is C20H20N4O3S2. The molecule has 1 N–H and O–H groups in total. The summed E-state index contributed by atoms with van der Waals surface area (Å²) in [6, 6.07) is 17.3. The number of hydrogen-bond donors (Lipinski definition) is 1. The molecule has 0 atom stereocenters. The van der Waals surface area contributed by atoms with Gasteiger partial charge in [-0.25, -0.2) is 0 Å². The van der Waals surface area contributed by atoms with Crippen molar-refractivity contribution in [1.82, 2.24) is 15.1 Å². The Labute approximate surface area is 177 Å². The van der Waals surface area contributed by atoms with Gasteiger partial charge in [0.1, 0.15) is 11.5 Å². The van der Waals surface area contributed by atoms with E-state index < -0.39 is 0 Å². The Kier molecular flexibility index (Phi) is 6.60. The van der Waals surface area contributed by atoms with Crippen LogP contribution in [-0.4, -0.2) is 53.1 Å². The molecule has 2 aromatic carbocycles. The number of amides is 1. The van der Waals surface area contributed by atoms with E-state index >= 15 is 0 Å². The molecule has 7 nitrogen and oxygen atoms in total. The lowest BCUT2D eigenvalue weighted by Crippen LogP contribution is -2.41. The molecule has 4 rings (SSSR count). The van der Waals surface area contributed by atoms with Crippen LogP contribution in [0.25, 0.3) is 0 Å². The summed E-state index contributed by atoms with van der Waals surface area (Å²) in [5.41, 5.74) is 0.891. The second-order valence-corrected chi connectivity index (χ2v) is 8.42. The highest BCUT2D eigenvalue weighted by Gasteiger charge is 2.17. The number of nitrogens with zero attached hydrogens (tertiary/aromatic N) is 3. The molecule has 3 aromatic rings. The topological polar surface area (TPSA) is 76.6 Å². The molecule has 1 aromatic heterocycles. The monoisotopic (exact) mass is 428 g/mol. The number of benzene rings is 2. The maximum atomic E-state index is 12.2. The molecule has 2 heterocycles. The second-order valence-electron chi connectivity index (χ2n) is 6.22. The minimum absolute atomic E-state index is 0.108. The quantitative estimate of drug-likeness (QED) is 0.570. The summed E-state index contributed by atoms with van der Waals surface area (Å²) in [5.74, 6) is 2.03. The van der Waals surface area contributed by atoms with Gasteiger partial charge in [-0.05, 0) is 36.4 Å². The van der Waals surface area contributed by atoms with Crippen molar-refractivity contribution in [3.05, 3.63) is 54.6 Å². The van der Waals surface area contributed by atoms with Crippen molar-refractivity contribution in [2.45, 2.75) is 4.34 Å². The lowest BCUT2D eigenvalue weighted by atomic mass is 10.3. The normalized spacial score (nSPS) is 13.9. The zero-order valence-electron chi connectivity index (χ0n) is 15.6. The Hall–Kier alpha value is -2.62. The number of rotatable bonds is 7. The highest BCUT2D eigenvalue weighted by atomic mass is 32.2. The number of para-hydroxylation sites is 1. The molecule has 150 valence electrons.